The first kappa shape index (κ1) is 20.1. The lowest BCUT2D eigenvalue weighted by Crippen LogP contribution is -2.38. The van der Waals surface area contributed by atoms with Crippen LogP contribution in [0.3, 0.4) is 0 Å². The zero-order valence-corrected chi connectivity index (χ0v) is 18.1. The number of halogens is 2. The number of fused-ring (bicyclic) bond motifs is 1. The van der Waals surface area contributed by atoms with Gasteiger partial charge in [-0.3, -0.25) is 4.99 Å². The van der Waals surface area contributed by atoms with E-state index in [4.69, 9.17) is 16.6 Å². The molecule has 0 saturated heterocycles. The van der Waals surface area contributed by atoms with Crippen molar-refractivity contribution < 1.29 is 0 Å². The molecule has 0 saturated carbocycles. The highest BCUT2D eigenvalue weighted by atomic mass is 127. The van der Waals surface area contributed by atoms with E-state index in [0.29, 0.717) is 6.54 Å². The van der Waals surface area contributed by atoms with Crippen molar-refractivity contribution in [1.82, 2.24) is 24.3 Å². The molecule has 6 nitrogen and oxygen atoms in total. The molecule has 1 N–H and O–H groups in total. The van der Waals surface area contributed by atoms with Crippen LogP contribution in [0.25, 0.3) is 0 Å². The number of nitrogens with zero attached hydrogens (tertiary/aromatic N) is 5. The van der Waals surface area contributed by atoms with Crippen molar-refractivity contribution >= 4 is 41.5 Å². The third-order valence-corrected chi connectivity index (χ3v) is 4.64. The van der Waals surface area contributed by atoms with Gasteiger partial charge in [0, 0.05) is 52.2 Å². The van der Waals surface area contributed by atoms with E-state index < -0.39 is 0 Å². The van der Waals surface area contributed by atoms with Crippen molar-refractivity contribution in [3.63, 3.8) is 0 Å². The Hall–Kier alpha value is -1.22. The van der Waals surface area contributed by atoms with Crippen molar-refractivity contribution in [1.29, 1.82) is 0 Å². The predicted molar refractivity (Wildman–Crippen MR) is 113 cm³/mol. The molecule has 3 heterocycles. The molecule has 0 aromatic carbocycles. The summed E-state index contributed by atoms with van der Waals surface area (Å²) in [6.45, 7) is 2.51. The lowest BCUT2D eigenvalue weighted by atomic mass is 10.2. The zero-order chi connectivity index (χ0) is 17.1. The average molecular weight is 477 g/mol. The summed E-state index contributed by atoms with van der Waals surface area (Å²) in [5.41, 5.74) is 2.21. The second-order valence-corrected chi connectivity index (χ2v) is 6.75. The van der Waals surface area contributed by atoms with E-state index in [1.54, 1.807) is 7.05 Å². The number of hydrogen-bond donors (Lipinski definition) is 1. The fourth-order valence-corrected chi connectivity index (χ4v) is 3.42. The number of rotatable bonds is 4. The van der Waals surface area contributed by atoms with Crippen LogP contribution in [-0.4, -0.2) is 39.1 Å². The van der Waals surface area contributed by atoms with Gasteiger partial charge in [-0.05, 0) is 18.9 Å². The van der Waals surface area contributed by atoms with Crippen LogP contribution in [0.1, 0.15) is 30.1 Å². The van der Waals surface area contributed by atoms with E-state index in [2.05, 4.69) is 26.0 Å². The van der Waals surface area contributed by atoms with Crippen molar-refractivity contribution in [3.05, 3.63) is 40.7 Å². The van der Waals surface area contributed by atoms with Gasteiger partial charge < -0.3 is 19.4 Å². The van der Waals surface area contributed by atoms with Crippen LogP contribution in [-0.2, 0) is 33.1 Å². The number of nitrogens with one attached hydrogen (secondary N) is 1. The van der Waals surface area contributed by atoms with Crippen molar-refractivity contribution in [2.75, 3.05) is 14.1 Å². The summed E-state index contributed by atoms with van der Waals surface area (Å²) in [4.78, 5) is 11.2. The number of hydrogen-bond acceptors (Lipinski definition) is 2. The van der Waals surface area contributed by atoms with Crippen molar-refractivity contribution in [2.24, 2.45) is 12.0 Å². The zero-order valence-electron chi connectivity index (χ0n) is 15.0. The molecule has 0 spiro atoms. The molecule has 138 valence electrons. The van der Waals surface area contributed by atoms with Gasteiger partial charge >= 0.3 is 0 Å². The fourth-order valence-electron chi connectivity index (χ4n) is 3.15. The Morgan fingerprint density at radius 1 is 1.40 bits per heavy atom. The smallest absolute Gasteiger partial charge is 0.194 e. The standard InChI is InChI=1S/C17H25ClN6.HI/c1-19-17(23(3)12-15-8-13(18)10-22(15)2)20-9-14-11-24-7-5-4-6-16(24)21-14;/h8,10-11H,4-7,9,12H2,1-3H3,(H,19,20);1H. The summed E-state index contributed by atoms with van der Waals surface area (Å²) in [6.07, 6.45) is 7.65. The molecule has 0 atom stereocenters. The normalized spacial score (nSPS) is 14.0. The maximum atomic E-state index is 6.06. The SMILES string of the molecule is CN=C(NCc1cn2c(n1)CCCC2)N(C)Cc1cc(Cl)cn1C.I. The second kappa shape index (κ2) is 8.93. The minimum Gasteiger partial charge on any atom is -0.351 e. The van der Waals surface area contributed by atoms with Crippen molar-refractivity contribution in [3.8, 4) is 0 Å². The minimum absolute atomic E-state index is 0. The van der Waals surface area contributed by atoms with Gasteiger partial charge in [-0.1, -0.05) is 11.6 Å². The van der Waals surface area contributed by atoms with Gasteiger partial charge in [0.05, 0.1) is 23.8 Å². The van der Waals surface area contributed by atoms with E-state index in [1.165, 1.54) is 18.7 Å². The van der Waals surface area contributed by atoms with E-state index in [1.807, 2.05) is 30.9 Å². The van der Waals surface area contributed by atoms with Crippen LogP contribution in [0.5, 0.6) is 0 Å². The van der Waals surface area contributed by atoms with Gasteiger partial charge in [0.25, 0.3) is 0 Å². The molecule has 0 bridgehead atoms. The molecule has 2 aromatic heterocycles. The molecule has 1 aliphatic heterocycles. The van der Waals surface area contributed by atoms with E-state index in [-0.39, 0.29) is 24.0 Å². The Morgan fingerprint density at radius 2 is 2.20 bits per heavy atom. The van der Waals surface area contributed by atoms with Crippen LogP contribution >= 0.6 is 35.6 Å². The highest BCUT2D eigenvalue weighted by Crippen LogP contribution is 2.15. The number of imidazole rings is 1. The maximum absolute atomic E-state index is 6.06. The molecule has 0 unspecified atom stereocenters. The average Bonchev–Trinajstić information content (AvgIpc) is 3.10. The molecule has 0 fully saturated rings. The van der Waals surface area contributed by atoms with Gasteiger partial charge in [0.1, 0.15) is 5.82 Å². The molecular weight excluding hydrogens is 451 g/mol. The molecule has 25 heavy (non-hydrogen) atoms. The van der Waals surface area contributed by atoms with E-state index in [9.17, 15) is 0 Å². The van der Waals surface area contributed by atoms with E-state index >= 15 is 0 Å². The van der Waals surface area contributed by atoms with Crippen LogP contribution in [0, 0.1) is 0 Å². The second-order valence-electron chi connectivity index (χ2n) is 6.32. The van der Waals surface area contributed by atoms with E-state index in [0.717, 1.165) is 41.9 Å². The van der Waals surface area contributed by atoms with Gasteiger partial charge in [0.2, 0.25) is 0 Å². The summed E-state index contributed by atoms with van der Waals surface area (Å²) in [5.74, 6) is 2.05. The summed E-state index contributed by atoms with van der Waals surface area (Å²) in [7, 11) is 5.82. The molecule has 0 radical (unpaired) electrons. The van der Waals surface area contributed by atoms with Gasteiger partial charge in [0.15, 0.2) is 5.96 Å². The Kier molecular flexibility index (Phi) is 7.18. The monoisotopic (exact) mass is 476 g/mol. The highest BCUT2D eigenvalue weighted by molar-refractivity contribution is 14.0. The summed E-state index contributed by atoms with van der Waals surface area (Å²) < 4.78 is 4.31. The molecule has 1 aliphatic rings. The van der Waals surface area contributed by atoms with Gasteiger partial charge in [-0.25, -0.2) is 4.98 Å². The molecule has 0 aliphatic carbocycles. The topological polar surface area (TPSA) is 50.4 Å². The van der Waals surface area contributed by atoms with Crippen molar-refractivity contribution in [2.45, 2.75) is 38.9 Å². The molecule has 2 aromatic rings. The Labute approximate surface area is 171 Å². The minimum atomic E-state index is 0. The Balaban J connectivity index is 0.00000225. The van der Waals surface area contributed by atoms with Gasteiger partial charge in [-0.2, -0.15) is 0 Å². The lowest BCUT2D eigenvalue weighted by molar-refractivity contribution is 0.461. The van der Waals surface area contributed by atoms with Crippen LogP contribution < -0.4 is 5.32 Å². The summed E-state index contributed by atoms with van der Waals surface area (Å²) in [6, 6.07) is 1.98. The molecule has 8 heteroatoms. The maximum Gasteiger partial charge on any atom is 0.194 e. The fraction of sp³-hybridized carbons (Fsp3) is 0.529. The number of aliphatic imine (C=N–C) groups is 1. The lowest BCUT2D eigenvalue weighted by Gasteiger charge is -2.22. The van der Waals surface area contributed by atoms with Crippen LogP contribution in [0.2, 0.25) is 5.02 Å². The number of guanidine groups is 1. The molecule has 0 amide bonds. The first-order valence-electron chi connectivity index (χ1n) is 8.34. The number of aromatic nitrogens is 3. The third kappa shape index (κ3) is 4.91. The molecular formula is C17H26ClIN6. The number of aryl methyl sites for hydroxylation is 3. The Bertz CT molecular complexity index is 712. The summed E-state index contributed by atoms with van der Waals surface area (Å²) in [5, 5.41) is 4.16. The molecule has 3 rings (SSSR count). The highest BCUT2D eigenvalue weighted by Gasteiger charge is 2.14. The largest absolute Gasteiger partial charge is 0.351 e. The predicted octanol–water partition coefficient (Wildman–Crippen LogP) is 3.04. The first-order valence-corrected chi connectivity index (χ1v) is 8.72. The first-order chi connectivity index (χ1) is 11.6. The van der Waals surface area contributed by atoms with Crippen LogP contribution in [0.4, 0.5) is 0 Å². The van der Waals surface area contributed by atoms with Gasteiger partial charge in [-0.15, -0.1) is 24.0 Å². The summed E-state index contributed by atoms with van der Waals surface area (Å²) >= 11 is 6.06. The Morgan fingerprint density at radius 3 is 2.84 bits per heavy atom. The van der Waals surface area contributed by atoms with Crippen LogP contribution in [0.15, 0.2) is 23.5 Å². The quantitative estimate of drug-likeness (QED) is 0.419. The third-order valence-electron chi connectivity index (χ3n) is 4.43.